The molecule has 3 aliphatic rings. The molecule has 0 aromatic heterocycles. The van der Waals surface area contributed by atoms with E-state index in [1.165, 1.54) is 17.7 Å². The molecule has 5 aromatic rings. The molecule has 0 saturated heterocycles. The number of sulfonamides is 3. The van der Waals surface area contributed by atoms with Gasteiger partial charge in [-0.05, 0) is 172 Å². The van der Waals surface area contributed by atoms with Crippen molar-refractivity contribution in [1.82, 2.24) is 5.32 Å². The van der Waals surface area contributed by atoms with Gasteiger partial charge in [0.15, 0.2) is 0 Å². The number of benzene rings is 5. The normalized spacial score (nSPS) is 16.2. The third-order valence-corrected chi connectivity index (χ3v) is 13.7. The maximum atomic E-state index is 12.9. The molecule has 1 amide bonds. The predicted molar refractivity (Wildman–Crippen MR) is 286 cm³/mol. The number of carbonyl (C=O) groups is 2. The summed E-state index contributed by atoms with van der Waals surface area (Å²) in [5, 5.41) is 47.0. The first-order valence-electron chi connectivity index (χ1n) is 22.2. The van der Waals surface area contributed by atoms with Gasteiger partial charge in [0, 0.05) is 10.0 Å². The van der Waals surface area contributed by atoms with Crippen LogP contribution in [0.25, 0.3) is 0 Å². The molecular formula is C52H57BrN8O9S3. The smallest absolute Gasteiger partial charge is 0.337 e. The first kappa shape index (κ1) is 60.0. The molecule has 3 fully saturated rings. The van der Waals surface area contributed by atoms with Crippen LogP contribution in [0.15, 0.2) is 102 Å². The number of carboxylic acid groups (broad SMARTS) is 1. The average molecular weight is 1110 g/mol. The van der Waals surface area contributed by atoms with Gasteiger partial charge < -0.3 is 10.4 Å². The zero-order chi connectivity index (χ0) is 55.0. The molecule has 2 bridgehead atoms. The number of hydrogen-bond donors (Lipinski definition) is 5. The highest BCUT2D eigenvalue weighted by molar-refractivity contribution is 9.10. The second-order valence-corrected chi connectivity index (χ2v) is 24.0. The van der Waals surface area contributed by atoms with Gasteiger partial charge >= 0.3 is 5.97 Å². The van der Waals surface area contributed by atoms with Crippen LogP contribution in [0.4, 0.5) is 17.1 Å². The fraction of sp³-hybridized carbons (Fsp3) is 0.308. The summed E-state index contributed by atoms with van der Waals surface area (Å²) in [6, 6.07) is 36.2. The number of halogens is 1. The molecule has 384 valence electrons. The molecule has 73 heavy (non-hydrogen) atoms. The lowest BCUT2D eigenvalue weighted by molar-refractivity contribution is 0.0521. The molecule has 5 N–H and O–H groups in total. The third-order valence-electron chi connectivity index (χ3n) is 11.3. The molecule has 5 aromatic carbocycles. The Morgan fingerprint density at radius 1 is 0.521 bits per heavy atom. The fourth-order valence-electron chi connectivity index (χ4n) is 7.50. The number of fused-ring (bicyclic) bond motifs is 3. The van der Waals surface area contributed by atoms with Gasteiger partial charge in [0.05, 0.1) is 81.2 Å². The quantitative estimate of drug-likeness (QED) is 0.0919. The molecule has 17 nitrogen and oxygen atoms in total. The van der Waals surface area contributed by atoms with Crippen molar-refractivity contribution in [1.29, 1.82) is 21.0 Å². The molecule has 0 heterocycles. The molecule has 0 atom stereocenters. The second-order valence-electron chi connectivity index (χ2n) is 17.9. The van der Waals surface area contributed by atoms with Gasteiger partial charge in [-0.15, -0.1) is 0 Å². The van der Waals surface area contributed by atoms with Crippen molar-refractivity contribution in [2.75, 3.05) is 32.9 Å². The van der Waals surface area contributed by atoms with Crippen molar-refractivity contribution in [3.05, 3.63) is 157 Å². The van der Waals surface area contributed by atoms with E-state index in [1.54, 1.807) is 55.5 Å². The number of aromatic carboxylic acids is 1. The zero-order valence-electron chi connectivity index (χ0n) is 41.6. The van der Waals surface area contributed by atoms with Crippen molar-refractivity contribution in [3.63, 3.8) is 0 Å². The van der Waals surface area contributed by atoms with E-state index in [4.69, 9.17) is 20.9 Å². The molecule has 3 aliphatic carbocycles. The number of nitrogens with zero attached hydrogens (tertiary/aromatic N) is 4. The summed E-state index contributed by atoms with van der Waals surface area (Å²) in [6.07, 6.45) is 7.92. The fourth-order valence-corrected chi connectivity index (χ4v) is 9.78. The van der Waals surface area contributed by atoms with E-state index in [0.29, 0.717) is 28.1 Å². The predicted octanol–water partition coefficient (Wildman–Crippen LogP) is 9.51. The average Bonchev–Trinajstić information content (AvgIpc) is 3.29. The number of anilines is 3. The highest BCUT2D eigenvalue weighted by Gasteiger charge is 2.49. The largest absolute Gasteiger partial charge is 0.478 e. The van der Waals surface area contributed by atoms with Gasteiger partial charge in [0.2, 0.25) is 30.1 Å². The minimum absolute atomic E-state index is 0.0639. The van der Waals surface area contributed by atoms with Gasteiger partial charge in [-0.1, -0.05) is 42.0 Å². The van der Waals surface area contributed by atoms with Crippen molar-refractivity contribution in [2.45, 2.75) is 78.7 Å². The van der Waals surface area contributed by atoms with Crippen LogP contribution in [-0.2, 0) is 30.1 Å². The summed E-state index contributed by atoms with van der Waals surface area (Å²) in [5.74, 6) is -1.43. The van der Waals surface area contributed by atoms with Gasteiger partial charge in [0.1, 0.15) is 12.1 Å². The van der Waals surface area contributed by atoms with Crippen LogP contribution in [0.2, 0.25) is 0 Å². The van der Waals surface area contributed by atoms with Crippen LogP contribution in [0.1, 0.15) is 104 Å². The van der Waals surface area contributed by atoms with Crippen molar-refractivity contribution in [2.24, 2.45) is 5.41 Å². The van der Waals surface area contributed by atoms with E-state index in [1.807, 2.05) is 70.2 Å². The number of nitriles is 4. The Balaban J connectivity index is 0.000000255. The Labute approximate surface area is 437 Å². The molecule has 21 heteroatoms. The van der Waals surface area contributed by atoms with E-state index in [2.05, 4.69) is 53.6 Å². The lowest BCUT2D eigenvalue weighted by Gasteiger charge is -2.50. The summed E-state index contributed by atoms with van der Waals surface area (Å²) in [6.45, 7) is 9.42. The number of carboxylic acids is 1. The minimum Gasteiger partial charge on any atom is -0.478 e. The number of rotatable bonds is 9. The van der Waals surface area contributed by atoms with Crippen molar-refractivity contribution >= 4 is 74.9 Å². The van der Waals surface area contributed by atoms with E-state index in [9.17, 15) is 40.1 Å². The zero-order valence-corrected chi connectivity index (χ0v) is 45.6. The maximum Gasteiger partial charge on any atom is 0.337 e. The Morgan fingerprint density at radius 2 is 0.904 bits per heavy atom. The summed E-state index contributed by atoms with van der Waals surface area (Å²) in [7, 11) is -10.3. The van der Waals surface area contributed by atoms with Crippen LogP contribution in [0.3, 0.4) is 0 Å². The van der Waals surface area contributed by atoms with Gasteiger partial charge in [-0.2, -0.15) is 21.0 Å². The summed E-state index contributed by atoms with van der Waals surface area (Å²) in [5.41, 5.74) is 7.12. The minimum atomic E-state index is -3.47. The number of amides is 1. The first-order valence-corrected chi connectivity index (χ1v) is 28.7. The van der Waals surface area contributed by atoms with Crippen LogP contribution < -0.4 is 19.5 Å². The Bertz CT molecular complexity index is 3330. The summed E-state index contributed by atoms with van der Waals surface area (Å²) in [4.78, 5) is 23.6. The third kappa shape index (κ3) is 20.0. The van der Waals surface area contributed by atoms with Crippen LogP contribution in [0, 0.1) is 85.4 Å². The summed E-state index contributed by atoms with van der Waals surface area (Å²) >= 11 is 3.28. The monoisotopic (exact) mass is 1110 g/mol. The van der Waals surface area contributed by atoms with Gasteiger partial charge in [0.25, 0.3) is 5.91 Å². The molecular weight excluding hydrogens is 1060 g/mol. The number of hydrogen-bond acceptors (Lipinski definition) is 12. The molecule has 0 spiro atoms. The molecule has 0 radical (unpaired) electrons. The molecule has 8 rings (SSSR count). The highest BCUT2D eigenvalue weighted by Crippen LogP contribution is 2.52. The first-order chi connectivity index (χ1) is 33.9. The van der Waals surface area contributed by atoms with E-state index < -0.39 is 36.0 Å². The Hall–Kier alpha value is -7.27. The van der Waals surface area contributed by atoms with Crippen molar-refractivity contribution < 1.29 is 39.9 Å². The van der Waals surface area contributed by atoms with E-state index in [-0.39, 0.29) is 28.1 Å². The standard InChI is InChI=1S/C18H23N3O3S.C9H10N2O2S.C9H11NO4S.C8H6BrN.C8H7N/c1-13-3-4-14(15(11-13)21-25(2,23)24)16(22)20-18-8-5-17(12-19,6-9-18)7-10-18;1-7-3-4-8(6-10)9(5-7)11-14(2,12)13;1-6-3-4-7(9(11)12)8(5-6)10-15(2,13)14;1-6-2-3-7(5-10)8(9)4-6;1-7-2-4-8(6-9)5-3-7/h3-4,11,21H,5-10H2,1-2H3,(H,20,22);3-5,11H,1-2H3;3-5,10H,1-2H3,(H,11,12);2-4H,1H3;2-5H,1H3. The van der Waals surface area contributed by atoms with Gasteiger partial charge in [-0.25, -0.2) is 30.0 Å². The summed E-state index contributed by atoms with van der Waals surface area (Å²) < 4.78 is 74.8. The highest BCUT2D eigenvalue weighted by atomic mass is 79.9. The van der Waals surface area contributed by atoms with Crippen LogP contribution >= 0.6 is 15.9 Å². The van der Waals surface area contributed by atoms with Crippen LogP contribution in [-0.4, -0.2) is 66.5 Å². The second kappa shape index (κ2) is 25.9. The molecule has 0 unspecified atom stereocenters. The number of aryl methyl sites for hydroxylation is 5. The maximum absolute atomic E-state index is 12.9. The SMILES string of the molecule is Cc1ccc(C#N)c(Br)c1.Cc1ccc(C#N)c(NS(C)(=O)=O)c1.Cc1ccc(C#N)cc1.Cc1ccc(C(=O)NC23CCC(C#N)(CC2)CC3)c(NS(C)(=O)=O)c1.Cc1ccc(C(=O)O)c(NS(C)(=O)=O)c1. The molecule has 0 aliphatic heterocycles. The van der Waals surface area contributed by atoms with Crippen LogP contribution in [0.5, 0.6) is 0 Å². The lowest BCUT2D eigenvalue weighted by Crippen LogP contribution is -2.56. The van der Waals surface area contributed by atoms with Gasteiger partial charge in [-0.3, -0.25) is 19.0 Å². The molecule has 3 saturated carbocycles. The Morgan fingerprint density at radius 3 is 1.32 bits per heavy atom. The topological polar surface area (TPSA) is 300 Å². The number of carbonyl (C=O) groups excluding carboxylic acids is 1. The Kier molecular flexibility index (Phi) is 21.3. The van der Waals surface area contributed by atoms with Crippen molar-refractivity contribution in [3.8, 4) is 24.3 Å². The van der Waals surface area contributed by atoms with E-state index in [0.717, 1.165) is 89.6 Å². The van der Waals surface area contributed by atoms with E-state index >= 15 is 0 Å². The lowest BCUT2D eigenvalue weighted by atomic mass is 9.58. The number of nitrogens with one attached hydrogen (secondary N) is 4.